The molecule has 0 aliphatic carbocycles. The van der Waals surface area contributed by atoms with Crippen molar-refractivity contribution in [3.05, 3.63) is 101 Å². The summed E-state index contributed by atoms with van der Waals surface area (Å²) in [5.74, 6) is 0.724. The molecule has 6 rings (SSSR count). The molecule has 0 radical (unpaired) electrons. The second kappa shape index (κ2) is 12.5. The van der Waals surface area contributed by atoms with Gasteiger partial charge in [0.1, 0.15) is 17.8 Å². The lowest BCUT2D eigenvalue weighted by Gasteiger charge is -2.41. The van der Waals surface area contributed by atoms with E-state index >= 15 is 4.79 Å². The van der Waals surface area contributed by atoms with Crippen LogP contribution in [0.25, 0.3) is 0 Å². The Labute approximate surface area is 268 Å². The zero-order chi connectivity index (χ0) is 31.8. The van der Waals surface area contributed by atoms with E-state index < -0.39 is 27.5 Å². The molecule has 2 atom stereocenters. The van der Waals surface area contributed by atoms with Crippen molar-refractivity contribution in [3.8, 4) is 11.5 Å². The molecule has 12 heteroatoms. The Morgan fingerprint density at radius 2 is 1.87 bits per heavy atom. The molecule has 45 heavy (non-hydrogen) atoms. The lowest BCUT2D eigenvalue weighted by atomic mass is 9.80. The summed E-state index contributed by atoms with van der Waals surface area (Å²) in [4.78, 5) is 21.7. The van der Waals surface area contributed by atoms with E-state index in [1.807, 2.05) is 23.1 Å². The normalized spacial score (nSPS) is 20.0. The van der Waals surface area contributed by atoms with Gasteiger partial charge in [0.25, 0.3) is 15.9 Å². The van der Waals surface area contributed by atoms with Crippen LogP contribution in [-0.4, -0.2) is 51.5 Å². The van der Waals surface area contributed by atoms with Gasteiger partial charge in [-0.15, -0.1) is 0 Å². The molecule has 1 fully saturated rings. The number of likely N-dealkylation sites (tertiary alicyclic amines) is 1. The van der Waals surface area contributed by atoms with E-state index in [0.717, 1.165) is 29.3 Å². The van der Waals surface area contributed by atoms with Crippen LogP contribution in [0.1, 0.15) is 54.8 Å². The highest BCUT2D eigenvalue weighted by Gasteiger charge is 2.62. The SMILES string of the molecule is CCCNCc1ccc(C2(N3CCC[C@H]3c3ncco3)C(=O)N(S(=O)(=O)c3ccc(OC)cc3)c3ccc(Cl)cc32)c(OC)c1. The number of hydrogen-bond acceptors (Lipinski definition) is 9. The van der Waals surface area contributed by atoms with Crippen LogP contribution in [0.15, 0.2) is 82.4 Å². The highest BCUT2D eigenvalue weighted by Crippen LogP contribution is 2.56. The van der Waals surface area contributed by atoms with Crippen LogP contribution >= 0.6 is 11.6 Å². The monoisotopic (exact) mass is 650 g/mol. The predicted octanol–water partition coefficient (Wildman–Crippen LogP) is 5.66. The molecule has 2 aliphatic rings. The summed E-state index contributed by atoms with van der Waals surface area (Å²) in [5.41, 5.74) is 0.476. The van der Waals surface area contributed by atoms with Gasteiger partial charge < -0.3 is 19.2 Å². The fraction of sp³-hybridized carbons (Fsp3) is 0.333. The van der Waals surface area contributed by atoms with Crippen LogP contribution in [-0.2, 0) is 26.9 Å². The standard InChI is InChI=1S/C33H35ClN4O6S/c1-4-15-35-21-22-7-13-26(30(19-22)43-3)33(37-17-5-6-29(37)31-36-16-18-44-31)27-20-23(34)8-14-28(27)38(32(33)39)45(40,41)25-11-9-24(42-2)10-12-25/h7-14,16,18-20,29,35H,4-6,15,17,21H2,1-3H3/t29-,33?/m0/s1. The van der Waals surface area contributed by atoms with Gasteiger partial charge in [-0.2, -0.15) is 0 Å². The quantitative estimate of drug-likeness (QED) is 0.205. The molecule has 1 aromatic heterocycles. The zero-order valence-corrected chi connectivity index (χ0v) is 26.9. The fourth-order valence-corrected chi connectivity index (χ4v) is 8.14. The number of rotatable bonds is 11. The van der Waals surface area contributed by atoms with Crippen LogP contribution in [0.4, 0.5) is 5.69 Å². The number of aromatic nitrogens is 1. The van der Waals surface area contributed by atoms with Gasteiger partial charge in [-0.25, -0.2) is 17.7 Å². The van der Waals surface area contributed by atoms with Crippen molar-refractivity contribution in [1.29, 1.82) is 0 Å². The van der Waals surface area contributed by atoms with E-state index in [1.165, 1.54) is 25.5 Å². The number of ether oxygens (including phenoxy) is 2. The number of carbonyl (C=O) groups is 1. The number of sulfonamides is 1. The highest BCUT2D eigenvalue weighted by atomic mass is 35.5. The van der Waals surface area contributed by atoms with E-state index in [0.29, 0.717) is 53.0 Å². The molecule has 3 heterocycles. The van der Waals surface area contributed by atoms with Gasteiger partial charge in [-0.05, 0) is 79.9 Å². The minimum atomic E-state index is -4.39. The Balaban J connectivity index is 1.61. The van der Waals surface area contributed by atoms with Crippen molar-refractivity contribution >= 4 is 33.2 Å². The average molecular weight is 651 g/mol. The van der Waals surface area contributed by atoms with Crippen molar-refractivity contribution < 1.29 is 27.1 Å². The van der Waals surface area contributed by atoms with E-state index in [1.54, 1.807) is 43.6 Å². The first-order valence-corrected chi connectivity index (χ1v) is 16.7. The smallest absolute Gasteiger partial charge is 0.271 e. The molecule has 0 spiro atoms. The number of methoxy groups -OCH3 is 2. The molecule has 0 bridgehead atoms. The number of carbonyl (C=O) groups excluding carboxylic acids is 1. The van der Waals surface area contributed by atoms with Crippen molar-refractivity contribution in [2.24, 2.45) is 0 Å². The third-order valence-electron chi connectivity index (χ3n) is 8.49. The number of oxazole rings is 1. The molecule has 4 aromatic rings. The number of fused-ring (bicyclic) bond motifs is 1. The van der Waals surface area contributed by atoms with Crippen molar-refractivity contribution in [1.82, 2.24) is 15.2 Å². The van der Waals surface area contributed by atoms with Gasteiger partial charge in [-0.3, -0.25) is 9.69 Å². The number of hydrogen-bond donors (Lipinski definition) is 1. The maximum atomic E-state index is 15.3. The molecule has 3 aromatic carbocycles. The van der Waals surface area contributed by atoms with Gasteiger partial charge in [0.15, 0.2) is 5.54 Å². The molecule has 0 saturated carbocycles. The van der Waals surface area contributed by atoms with Crippen molar-refractivity contribution in [2.75, 3.05) is 31.6 Å². The summed E-state index contributed by atoms with van der Waals surface area (Å²) in [5, 5.41) is 3.76. The third-order valence-corrected chi connectivity index (χ3v) is 10.4. The lowest BCUT2D eigenvalue weighted by molar-refractivity contribution is -0.127. The third kappa shape index (κ3) is 5.17. The van der Waals surface area contributed by atoms with Crippen LogP contribution in [0.5, 0.6) is 11.5 Å². The first-order chi connectivity index (χ1) is 21.8. The minimum absolute atomic E-state index is 0.0525. The minimum Gasteiger partial charge on any atom is -0.497 e. The number of anilines is 1. The Morgan fingerprint density at radius 3 is 2.56 bits per heavy atom. The Bertz CT molecular complexity index is 1800. The molecule has 236 valence electrons. The maximum Gasteiger partial charge on any atom is 0.271 e. The van der Waals surface area contributed by atoms with Crippen molar-refractivity contribution in [2.45, 2.75) is 49.2 Å². The van der Waals surface area contributed by atoms with Gasteiger partial charge in [0.05, 0.1) is 37.0 Å². The number of nitrogens with zero attached hydrogens (tertiary/aromatic N) is 3. The van der Waals surface area contributed by atoms with Gasteiger partial charge >= 0.3 is 0 Å². The molecular weight excluding hydrogens is 616 g/mol. The van der Waals surface area contributed by atoms with E-state index in [4.69, 9.17) is 25.5 Å². The largest absolute Gasteiger partial charge is 0.497 e. The summed E-state index contributed by atoms with van der Waals surface area (Å²) in [6.07, 6.45) is 5.43. The van der Waals surface area contributed by atoms with Crippen LogP contribution in [0.2, 0.25) is 5.02 Å². The Morgan fingerprint density at radius 1 is 1.07 bits per heavy atom. The zero-order valence-electron chi connectivity index (χ0n) is 25.3. The molecule has 1 unspecified atom stereocenters. The van der Waals surface area contributed by atoms with Crippen LogP contribution < -0.4 is 19.1 Å². The highest BCUT2D eigenvalue weighted by molar-refractivity contribution is 7.93. The van der Waals surface area contributed by atoms with E-state index in [-0.39, 0.29) is 10.6 Å². The summed E-state index contributed by atoms with van der Waals surface area (Å²) in [6, 6.07) is 16.1. The number of benzene rings is 3. The topological polar surface area (TPSA) is 114 Å². The van der Waals surface area contributed by atoms with Gasteiger partial charge in [0, 0.05) is 29.2 Å². The van der Waals surface area contributed by atoms with Crippen molar-refractivity contribution in [3.63, 3.8) is 0 Å². The molecule has 1 saturated heterocycles. The summed E-state index contributed by atoms with van der Waals surface area (Å²) >= 11 is 6.63. The summed E-state index contributed by atoms with van der Waals surface area (Å²) in [7, 11) is -1.34. The molecule has 10 nitrogen and oxygen atoms in total. The summed E-state index contributed by atoms with van der Waals surface area (Å²) < 4.78 is 46.8. The number of halogens is 1. The van der Waals surface area contributed by atoms with E-state index in [2.05, 4.69) is 17.2 Å². The Kier molecular flexibility index (Phi) is 8.62. The number of amides is 1. The maximum absolute atomic E-state index is 15.3. The first-order valence-electron chi connectivity index (χ1n) is 14.9. The second-order valence-electron chi connectivity index (χ2n) is 11.1. The predicted molar refractivity (Wildman–Crippen MR) is 170 cm³/mol. The molecule has 1 amide bonds. The second-order valence-corrected chi connectivity index (χ2v) is 13.3. The molecular formula is C33H35ClN4O6S. The van der Waals surface area contributed by atoms with E-state index in [9.17, 15) is 8.42 Å². The Hall–Kier alpha value is -3.90. The number of nitrogens with one attached hydrogen (secondary N) is 1. The first kappa shape index (κ1) is 31.1. The van der Waals surface area contributed by atoms with Gasteiger partial charge in [-0.1, -0.05) is 30.7 Å². The summed E-state index contributed by atoms with van der Waals surface area (Å²) in [6.45, 7) is 4.02. The van der Waals surface area contributed by atoms with Crippen LogP contribution in [0.3, 0.4) is 0 Å². The van der Waals surface area contributed by atoms with Crippen LogP contribution in [0, 0.1) is 0 Å². The molecule has 2 aliphatic heterocycles. The lowest BCUT2D eigenvalue weighted by Crippen LogP contribution is -2.54. The fourth-order valence-electron chi connectivity index (χ4n) is 6.51. The molecule has 1 N–H and O–H groups in total. The average Bonchev–Trinajstić information content (AvgIpc) is 3.80. The van der Waals surface area contributed by atoms with Gasteiger partial charge in [0.2, 0.25) is 5.89 Å².